The molecule has 1 atom stereocenters. The predicted octanol–water partition coefficient (Wildman–Crippen LogP) is 6.09. The minimum Gasteiger partial charge on any atom is -0.497 e. The molecular formula is C17H25F3O. The van der Waals surface area contributed by atoms with E-state index in [9.17, 15) is 13.2 Å². The zero-order valence-electron chi connectivity index (χ0n) is 12.9. The molecule has 1 rings (SSSR count). The highest BCUT2D eigenvalue weighted by atomic mass is 19.4. The molecule has 120 valence electrons. The van der Waals surface area contributed by atoms with E-state index in [-0.39, 0.29) is 6.42 Å². The summed E-state index contributed by atoms with van der Waals surface area (Å²) in [6.45, 7) is 2.13. The lowest BCUT2D eigenvalue weighted by Crippen LogP contribution is -2.20. The Morgan fingerprint density at radius 2 is 1.71 bits per heavy atom. The Morgan fingerprint density at radius 1 is 1.05 bits per heavy atom. The van der Waals surface area contributed by atoms with E-state index in [4.69, 9.17) is 4.74 Å². The number of halogens is 3. The Kier molecular flexibility index (Phi) is 7.62. The fourth-order valence-corrected chi connectivity index (χ4v) is 2.51. The lowest BCUT2D eigenvalue weighted by atomic mass is 9.92. The highest BCUT2D eigenvalue weighted by molar-refractivity contribution is 5.31. The van der Waals surface area contributed by atoms with Crippen molar-refractivity contribution >= 4 is 0 Å². The van der Waals surface area contributed by atoms with Crippen LogP contribution in [-0.4, -0.2) is 13.3 Å². The molecule has 0 aliphatic heterocycles. The summed E-state index contributed by atoms with van der Waals surface area (Å²) in [4.78, 5) is 0. The van der Waals surface area contributed by atoms with E-state index in [1.54, 1.807) is 12.1 Å². The van der Waals surface area contributed by atoms with Gasteiger partial charge in [-0.05, 0) is 24.1 Å². The van der Waals surface area contributed by atoms with Gasteiger partial charge in [-0.1, -0.05) is 57.6 Å². The van der Waals surface area contributed by atoms with Crippen molar-refractivity contribution in [2.24, 2.45) is 0 Å². The second-order valence-corrected chi connectivity index (χ2v) is 5.43. The Hall–Kier alpha value is -1.19. The molecular weight excluding hydrogens is 277 g/mol. The predicted molar refractivity (Wildman–Crippen MR) is 79.8 cm³/mol. The first-order valence-electron chi connectivity index (χ1n) is 7.69. The number of hydrogen-bond donors (Lipinski definition) is 0. The van der Waals surface area contributed by atoms with Gasteiger partial charge in [-0.15, -0.1) is 0 Å². The third-order valence-electron chi connectivity index (χ3n) is 3.74. The molecule has 0 saturated heterocycles. The van der Waals surface area contributed by atoms with Crippen LogP contribution in [0.4, 0.5) is 13.2 Å². The second kappa shape index (κ2) is 8.96. The maximum atomic E-state index is 13.2. The molecule has 0 bridgehead atoms. The maximum Gasteiger partial charge on any atom is 0.395 e. The average molecular weight is 302 g/mol. The zero-order chi connectivity index (χ0) is 15.7. The van der Waals surface area contributed by atoms with Gasteiger partial charge < -0.3 is 4.74 Å². The number of methoxy groups -OCH3 is 1. The molecule has 0 saturated carbocycles. The zero-order valence-corrected chi connectivity index (χ0v) is 12.9. The van der Waals surface area contributed by atoms with Crippen LogP contribution in [0.25, 0.3) is 0 Å². The van der Waals surface area contributed by atoms with Crippen LogP contribution in [0.5, 0.6) is 5.75 Å². The number of unbranched alkanes of at least 4 members (excludes halogenated alkanes) is 5. The van der Waals surface area contributed by atoms with Crippen LogP contribution in [0.1, 0.15) is 63.4 Å². The van der Waals surface area contributed by atoms with Crippen LogP contribution in [0.2, 0.25) is 0 Å². The van der Waals surface area contributed by atoms with Gasteiger partial charge in [0.15, 0.2) is 0 Å². The molecule has 1 aromatic rings. The number of rotatable bonds is 9. The van der Waals surface area contributed by atoms with Gasteiger partial charge in [0.2, 0.25) is 0 Å². The van der Waals surface area contributed by atoms with Gasteiger partial charge in [0.25, 0.3) is 0 Å². The van der Waals surface area contributed by atoms with Gasteiger partial charge >= 0.3 is 6.18 Å². The number of alkyl halides is 3. The molecule has 21 heavy (non-hydrogen) atoms. The summed E-state index contributed by atoms with van der Waals surface area (Å²) in [5.41, 5.74) is 0.301. The first kappa shape index (κ1) is 17.9. The number of benzene rings is 1. The van der Waals surface area contributed by atoms with Crippen LogP contribution in [-0.2, 0) is 0 Å². The van der Waals surface area contributed by atoms with Gasteiger partial charge in [0.05, 0.1) is 13.0 Å². The normalized spacial score (nSPS) is 13.2. The first-order chi connectivity index (χ1) is 9.99. The average Bonchev–Trinajstić information content (AvgIpc) is 2.45. The lowest BCUT2D eigenvalue weighted by molar-refractivity contribution is -0.152. The molecule has 0 aromatic heterocycles. The first-order valence-corrected chi connectivity index (χ1v) is 7.69. The number of hydrogen-bond acceptors (Lipinski definition) is 1. The molecule has 0 aliphatic carbocycles. The van der Waals surface area contributed by atoms with Crippen LogP contribution in [0.3, 0.4) is 0 Å². The molecule has 0 spiro atoms. The number of ether oxygens (including phenoxy) is 1. The van der Waals surface area contributed by atoms with Crippen molar-refractivity contribution in [3.8, 4) is 5.75 Å². The van der Waals surface area contributed by atoms with E-state index >= 15 is 0 Å². The quantitative estimate of drug-likeness (QED) is 0.501. The fraction of sp³-hybridized carbons (Fsp3) is 0.647. The monoisotopic (exact) mass is 302 g/mol. The van der Waals surface area contributed by atoms with Crippen molar-refractivity contribution < 1.29 is 17.9 Å². The molecule has 0 fully saturated rings. The highest BCUT2D eigenvalue weighted by Gasteiger charge is 2.40. The van der Waals surface area contributed by atoms with Crippen molar-refractivity contribution in [2.75, 3.05) is 7.11 Å². The van der Waals surface area contributed by atoms with E-state index in [2.05, 4.69) is 6.92 Å². The van der Waals surface area contributed by atoms with Crippen molar-refractivity contribution in [3.05, 3.63) is 29.8 Å². The topological polar surface area (TPSA) is 9.23 Å². The van der Waals surface area contributed by atoms with Crippen molar-refractivity contribution in [2.45, 2.75) is 64.0 Å². The third-order valence-corrected chi connectivity index (χ3v) is 3.74. The van der Waals surface area contributed by atoms with E-state index in [1.807, 2.05) is 0 Å². The van der Waals surface area contributed by atoms with Gasteiger partial charge in [0, 0.05) is 0 Å². The van der Waals surface area contributed by atoms with Crippen LogP contribution < -0.4 is 4.74 Å². The summed E-state index contributed by atoms with van der Waals surface area (Å²) in [6.07, 6.45) is 1.90. The summed E-state index contributed by atoms with van der Waals surface area (Å²) in [5, 5.41) is 0. The Balaban J connectivity index is 2.60. The van der Waals surface area contributed by atoms with Crippen molar-refractivity contribution in [1.29, 1.82) is 0 Å². The van der Waals surface area contributed by atoms with Crippen LogP contribution in [0, 0.1) is 0 Å². The molecule has 1 unspecified atom stereocenters. The van der Waals surface area contributed by atoms with E-state index in [1.165, 1.54) is 25.7 Å². The SMILES string of the molecule is CCCCCCCCC(c1cccc(OC)c1)C(F)(F)F. The van der Waals surface area contributed by atoms with Crippen molar-refractivity contribution in [3.63, 3.8) is 0 Å². The smallest absolute Gasteiger partial charge is 0.395 e. The van der Waals surface area contributed by atoms with Crippen LogP contribution >= 0.6 is 0 Å². The molecule has 0 aliphatic rings. The van der Waals surface area contributed by atoms with E-state index in [0.29, 0.717) is 17.7 Å². The molecule has 0 amide bonds. The summed E-state index contributed by atoms with van der Waals surface area (Å²) in [7, 11) is 1.47. The van der Waals surface area contributed by atoms with E-state index in [0.717, 1.165) is 25.7 Å². The Labute approximate surface area is 125 Å². The van der Waals surface area contributed by atoms with E-state index < -0.39 is 12.1 Å². The largest absolute Gasteiger partial charge is 0.497 e. The Morgan fingerprint density at radius 3 is 2.33 bits per heavy atom. The van der Waals surface area contributed by atoms with Crippen molar-refractivity contribution in [1.82, 2.24) is 0 Å². The summed E-state index contributed by atoms with van der Waals surface area (Å²) in [5.74, 6) is -0.913. The fourth-order valence-electron chi connectivity index (χ4n) is 2.51. The summed E-state index contributed by atoms with van der Waals surface area (Å²) in [6, 6.07) is 6.32. The van der Waals surface area contributed by atoms with Crippen LogP contribution in [0.15, 0.2) is 24.3 Å². The summed E-state index contributed by atoms with van der Waals surface area (Å²) < 4.78 is 44.7. The molecule has 0 radical (unpaired) electrons. The minimum absolute atomic E-state index is 0.156. The third kappa shape index (κ3) is 6.40. The maximum absolute atomic E-state index is 13.2. The van der Waals surface area contributed by atoms with Gasteiger partial charge in [-0.3, -0.25) is 0 Å². The van der Waals surface area contributed by atoms with Gasteiger partial charge in [0.1, 0.15) is 5.75 Å². The molecule has 1 aromatic carbocycles. The summed E-state index contributed by atoms with van der Waals surface area (Å²) >= 11 is 0. The lowest BCUT2D eigenvalue weighted by Gasteiger charge is -2.21. The Bertz CT molecular complexity index is 401. The molecule has 1 nitrogen and oxygen atoms in total. The molecule has 0 N–H and O–H groups in total. The standard InChI is InChI=1S/C17H25F3O/c1-3-4-5-6-7-8-12-16(17(18,19)20)14-10-9-11-15(13-14)21-2/h9-11,13,16H,3-8,12H2,1-2H3. The molecule has 0 heterocycles. The minimum atomic E-state index is -4.20. The second-order valence-electron chi connectivity index (χ2n) is 5.43. The van der Waals surface area contributed by atoms with Gasteiger partial charge in [-0.25, -0.2) is 0 Å². The van der Waals surface area contributed by atoms with Gasteiger partial charge in [-0.2, -0.15) is 13.2 Å². The molecule has 4 heteroatoms. The highest BCUT2D eigenvalue weighted by Crippen LogP contribution is 2.39.